The average molecular weight is 256 g/mol. The van der Waals surface area contributed by atoms with Crippen molar-refractivity contribution in [2.45, 2.75) is 5.92 Å². The van der Waals surface area contributed by atoms with Crippen molar-refractivity contribution >= 4 is 11.8 Å². The Bertz CT molecular complexity index is 425. The summed E-state index contributed by atoms with van der Waals surface area (Å²) in [5, 5.41) is 8.83. The third-order valence-electron chi connectivity index (χ3n) is 2.88. The minimum absolute atomic E-state index is 0.0832. The molecule has 1 aromatic rings. The van der Waals surface area contributed by atoms with Crippen molar-refractivity contribution < 1.29 is 18.7 Å². The monoisotopic (exact) mass is 256 g/mol. The van der Waals surface area contributed by atoms with Gasteiger partial charge in [-0.25, -0.2) is 13.6 Å². The van der Waals surface area contributed by atoms with Gasteiger partial charge in [-0.1, -0.05) is 18.2 Å². The normalized spacial score (nSPS) is 19.4. The minimum atomic E-state index is -3.04. The molecule has 18 heavy (non-hydrogen) atoms. The first-order valence-corrected chi connectivity index (χ1v) is 5.64. The van der Waals surface area contributed by atoms with Gasteiger partial charge in [0.2, 0.25) is 0 Å². The van der Waals surface area contributed by atoms with E-state index in [-0.39, 0.29) is 13.1 Å². The number of halogens is 2. The SMILES string of the molecule is O=C(O)N1CCN(c2ccccc2)CC(F)(F)C1. The average Bonchev–Trinajstić information content (AvgIpc) is 2.49. The van der Waals surface area contributed by atoms with E-state index in [0.29, 0.717) is 5.69 Å². The van der Waals surface area contributed by atoms with E-state index in [2.05, 4.69) is 0 Å². The molecule has 0 bridgehead atoms. The smallest absolute Gasteiger partial charge is 0.407 e. The van der Waals surface area contributed by atoms with Crippen LogP contribution >= 0.6 is 0 Å². The Labute approximate surface area is 103 Å². The van der Waals surface area contributed by atoms with E-state index in [1.54, 1.807) is 24.3 Å². The molecule has 0 atom stereocenters. The Morgan fingerprint density at radius 3 is 2.44 bits per heavy atom. The number of nitrogens with zero attached hydrogens (tertiary/aromatic N) is 2. The lowest BCUT2D eigenvalue weighted by Crippen LogP contribution is -2.41. The van der Waals surface area contributed by atoms with Gasteiger partial charge < -0.3 is 14.9 Å². The predicted octanol–water partition coefficient (Wildman–Crippen LogP) is 2.12. The molecule has 1 fully saturated rings. The molecule has 6 heteroatoms. The van der Waals surface area contributed by atoms with Crippen molar-refractivity contribution in [2.75, 3.05) is 31.1 Å². The first-order valence-electron chi connectivity index (χ1n) is 5.64. The molecule has 4 nitrogen and oxygen atoms in total. The fraction of sp³-hybridized carbons (Fsp3) is 0.417. The number of hydrogen-bond donors (Lipinski definition) is 1. The summed E-state index contributed by atoms with van der Waals surface area (Å²) >= 11 is 0. The summed E-state index contributed by atoms with van der Waals surface area (Å²) in [5.41, 5.74) is 0.685. The van der Waals surface area contributed by atoms with Crippen LogP contribution in [0.15, 0.2) is 30.3 Å². The number of amides is 1. The lowest BCUT2D eigenvalue weighted by Gasteiger charge is -2.25. The van der Waals surface area contributed by atoms with Crippen LogP contribution in [-0.2, 0) is 0 Å². The molecular weight excluding hydrogens is 242 g/mol. The Kier molecular flexibility index (Phi) is 3.36. The maximum atomic E-state index is 13.7. The maximum absolute atomic E-state index is 13.7. The van der Waals surface area contributed by atoms with Gasteiger partial charge in [-0.2, -0.15) is 0 Å². The molecule has 0 aliphatic carbocycles. The largest absolute Gasteiger partial charge is 0.465 e. The molecule has 1 heterocycles. The minimum Gasteiger partial charge on any atom is -0.465 e. The molecule has 0 aromatic heterocycles. The topological polar surface area (TPSA) is 43.8 Å². The molecular formula is C12H14F2N2O2. The molecule has 1 amide bonds. The molecule has 0 radical (unpaired) electrons. The van der Waals surface area contributed by atoms with Crippen LogP contribution in [0.25, 0.3) is 0 Å². The first-order chi connectivity index (χ1) is 8.48. The number of rotatable bonds is 1. The van der Waals surface area contributed by atoms with Gasteiger partial charge in [0.15, 0.2) is 0 Å². The van der Waals surface area contributed by atoms with Crippen LogP contribution < -0.4 is 4.90 Å². The van der Waals surface area contributed by atoms with Crippen molar-refractivity contribution in [1.29, 1.82) is 0 Å². The zero-order valence-electron chi connectivity index (χ0n) is 9.72. The van der Waals surface area contributed by atoms with Crippen LogP contribution in [0, 0.1) is 0 Å². The second-order valence-electron chi connectivity index (χ2n) is 4.32. The summed E-state index contributed by atoms with van der Waals surface area (Å²) in [5.74, 6) is -3.04. The lowest BCUT2D eigenvalue weighted by atomic mass is 10.2. The highest BCUT2D eigenvalue weighted by Crippen LogP contribution is 2.24. The quantitative estimate of drug-likeness (QED) is 0.837. The number of alkyl halides is 2. The zero-order chi connectivity index (χ0) is 13.2. The number of benzene rings is 1. The van der Waals surface area contributed by atoms with Gasteiger partial charge in [0.25, 0.3) is 5.92 Å². The lowest BCUT2D eigenvalue weighted by molar-refractivity contribution is -0.0116. The fourth-order valence-corrected chi connectivity index (χ4v) is 2.03. The third kappa shape index (κ3) is 2.88. The van der Waals surface area contributed by atoms with Crippen LogP contribution in [0.4, 0.5) is 19.3 Å². The van der Waals surface area contributed by atoms with Crippen LogP contribution in [-0.4, -0.2) is 48.2 Å². The molecule has 1 aliphatic rings. The predicted molar refractivity (Wildman–Crippen MR) is 63.2 cm³/mol. The Morgan fingerprint density at radius 2 is 1.83 bits per heavy atom. The van der Waals surface area contributed by atoms with E-state index < -0.39 is 25.1 Å². The number of carboxylic acid groups (broad SMARTS) is 1. The van der Waals surface area contributed by atoms with Gasteiger partial charge in [-0.15, -0.1) is 0 Å². The van der Waals surface area contributed by atoms with Gasteiger partial charge in [0, 0.05) is 18.8 Å². The highest BCUT2D eigenvalue weighted by Gasteiger charge is 2.38. The van der Waals surface area contributed by atoms with Crippen molar-refractivity contribution in [3.05, 3.63) is 30.3 Å². The molecule has 0 saturated carbocycles. The molecule has 2 rings (SSSR count). The molecule has 1 saturated heterocycles. The summed E-state index contributed by atoms with van der Waals surface area (Å²) in [7, 11) is 0. The standard InChI is InChI=1S/C12H14F2N2O2/c13-12(14)8-15(10-4-2-1-3-5-10)6-7-16(9-12)11(17)18/h1-5H,6-9H2,(H,17,18). The molecule has 1 aliphatic heterocycles. The molecule has 98 valence electrons. The second-order valence-corrected chi connectivity index (χ2v) is 4.32. The molecule has 0 unspecified atom stereocenters. The van der Waals surface area contributed by atoms with Crippen molar-refractivity contribution in [3.63, 3.8) is 0 Å². The van der Waals surface area contributed by atoms with Gasteiger partial charge >= 0.3 is 6.09 Å². The number of hydrogen-bond acceptors (Lipinski definition) is 2. The summed E-state index contributed by atoms with van der Waals surface area (Å²) in [6, 6.07) is 8.84. The Hall–Kier alpha value is -1.85. The van der Waals surface area contributed by atoms with Crippen LogP contribution in [0.5, 0.6) is 0 Å². The van der Waals surface area contributed by atoms with Gasteiger partial charge in [-0.3, -0.25) is 0 Å². The van der Waals surface area contributed by atoms with E-state index in [0.717, 1.165) is 4.90 Å². The second kappa shape index (κ2) is 4.80. The zero-order valence-corrected chi connectivity index (χ0v) is 9.72. The number of para-hydroxylation sites is 1. The molecule has 1 aromatic carbocycles. The van der Waals surface area contributed by atoms with Crippen molar-refractivity contribution in [1.82, 2.24) is 4.90 Å². The van der Waals surface area contributed by atoms with Gasteiger partial charge in [0.1, 0.15) is 0 Å². The van der Waals surface area contributed by atoms with Gasteiger partial charge in [-0.05, 0) is 12.1 Å². The summed E-state index contributed by atoms with van der Waals surface area (Å²) in [4.78, 5) is 13.1. The first kappa shape index (κ1) is 12.6. The van der Waals surface area contributed by atoms with Crippen molar-refractivity contribution in [2.24, 2.45) is 0 Å². The van der Waals surface area contributed by atoms with E-state index in [9.17, 15) is 13.6 Å². The van der Waals surface area contributed by atoms with Crippen molar-refractivity contribution in [3.8, 4) is 0 Å². The van der Waals surface area contributed by atoms with Gasteiger partial charge in [0.05, 0.1) is 13.1 Å². The van der Waals surface area contributed by atoms with Crippen LogP contribution in [0.2, 0.25) is 0 Å². The molecule has 1 N–H and O–H groups in total. The summed E-state index contributed by atoms with van der Waals surface area (Å²) in [6.07, 6.45) is -1.30. The fourth-order valence-electron chi connectivity index (χ4n) is 2.03. The highest BCUT2D eigenvalue weighted by molar-refractivity contribution is 5.65. The van der Waals surface area contributed by atoms with Crippen LogP contribution in [0.3, 0.4) is 0 Å². The summed E-state index contributed by atoms with van der Waals surface area (Å²) in [6.45, 7) is -0.849. The third-order valence-corrected chi connectivity index (χ3v) is 2.88. The van der Waals surface area contributed by atoms with E-state index in [1.165, 1.54) is 4.90 Å². The van der Waals surface area contributed by atoms with E-state index >= 15 is 0 Å². The van der Waals surface area contributed by atoms with Crippen LogP contribution in [0.1, 0.15) is 0 Å². The molecule has 0 spiro atoms. The number of anilines is 1. The summed E-state index contributed by atoms with van der Waals surface area (Å²) < 4.78 is 27.3. The van der Waals surface area contributed by atoms with E-state index in [4.69, 9.17) is 5.11 Å². The Morgan fingerprint density at radius 1 is 1.17 bits per heavy atom. The van der Waals surface area contributed by atoms with E-state index in [1.807, 2.05) is 6.07 Å². The highest BCUT2D eigenvalue weighted by atomic mass is 19.3. The number of carbonyl (C=O) groups is 1. The Balaban J connectivity index is 2.18. The maximum Gasteiger partial charge on any atom is 0.407 e.